The van der Waals surface area contributed by atoms with E-state index in [9.17, 15) is 5.11 Å². The molecule has 0 amide bonds. The molecule has 0 aliphatic carbocycles. The van der Waals surface area contributed by atoms with Crippen LogP contribution in [0.4, 0.5) is 0 Å². The second-order valence-corrected chi connectivity index (χ2v) is 6.67. The van der Waals surface area contributed by atoms with Gasteiger partial charge in [-0.2, -0.15) is 0 Å². The smallest absolute Gasteiger partial charge is 0.0769 e. The number of hydrogen-bond acceptors (Lipinski definition) is 3. The monoisotopic (exact) mass is 342 g/mol. The first-order valence-corrected chi connectivity index (χ1v) is 9.34. The lowest BCUT2D eigenvalue weighted by atomic mass is 9.74. The van der Waals surface area contributed by atoms with Crippen molar-refractivity contribution in [2.75, 3.05) is 13.1 Å². The van der Waals surface area contributed by atoms with Crippen LogP contribution in [0.15, 0.2) is 49.2 Å². The Labute approximate surface area is 153 Å². The van der Waals surface area contributed by atoms with Gasteiger partial charge in [0, 0.05) is 23.5 Å². The maximum absolute atomic E-state index is 9.49. The van der Waals surface area contributed by atoms with Gasteiger partial charge in [-0.25, -0.2) is 0 Å². The Bertz CT molecular complexity index is 648. The number of piperidine rings is 1. The van der Waals surface area contributed by atoms with E-state index in [4.69, 9.17) is 0 Å². The molecule has 1 aromatic heterocycles. The lowest BCUT2D eigenvalue weighted by molar-refractivity contribution is 0.201. The van der Waals surface area contributed by atoms with Crippen LogP contribution < -0.4 is 5.32 Å². The summed E-state index contributed by atoms with van der Waals surface area (Å²) in [7, 11) is 0. The maximum Gasteiger partial charge on any atom is 0.0769 e. The van der Waals surface area contributed by atoms with Gasteiger partial charge >= 0.3 is 0 Å². The summed E-state index contributed by atoms with van der Waals surface area (Å²) in [5, 5.41) is 13.9. The van der Waals surface area contributed by atoms with Crippen molar-refractivity contribution in [2.24, 2.45) is 11.3 Å². The van der Waals surface area contributed by atoms with E-state index in [0.717, 1.165) is 28.9 Å². The summed E-state index contributed by atoms with van der Waals surface area (Å²) in [5.74, 6) is 0.784. The predicted octanol–water partition coefficient (Wildman–Crippen LogP) is 5.12. The number of para-hydroxylation sites is 1. The highest BCUT2D eigenvalue weighted by Crippen LogP contribution is 2.32. The Morgan fingerprint density at radius 1 is 1.32 bits per heavy atom. The van der Waals surface area contributed by atoms with Crippen molar-refractivity contribution >= 4 is 10.9 Å². The summed E-state index contributed by atoms with van der Waals surface area (Å²) in [6.45, 7) is 16.5. The van der Waals surface area contributed by atoms with Crippen LogP contribution >= 0.6 is 0 Å². The van der Waals surface area contributed by atoms with Crippen LogP contribution in [-0.2, 0) is 0 Å². The van der Waals surface area contributed by atoms with Crippen molar-refractivity contribution in [3.8, 4) is 0 Å². The van der Waals surface area contributed by atoms with Crippen molar-refractivity contribution < 1.29 is 5.11 Å². The average molecular weight is 343 g/mol. The molecule has 0 spiro atoms. The molecule has 0 saturated carbocycles. The van der Waals surface area contributed by atoms with E-state index in [0.29, 0.717) is 5.41 Å². The SMILES string of the molecule is C=CC1(C)CNCCC1C.CC.CC(O)c1ccnc2ccccc12. The Morgan fingerprint density at radius 2 is 2.00 bits per heavy atom. The molecule has 0 radical (unpaired) electrons. The van der Waals surface area contributed by atoms with Crippen LogP contribution in [0, 0.1) is 11.3 Å². The number of aliphatic hydroxyl groups excluding tert-OH is 1. The summed E-state index contributed by atoms with van der Waals surface area (Å²) in [4.78, 5) is 4.21. The lowest BCUT2D eigenvalue weighted by Crippen LogP contribution is -2.42. The van der Waals surface area contributed by atoms with E-state index < -0.39 is 6.10 Å². The molecule has 1 aliphatic rings. The van der Waals surface area contributed by atoms with Crippen LogP contribution in [-0.4, -0.2) is 23.2 Å². The molecule has 3 atom stereocenters. The zero-order valence-corrected chi connectivity index (χ0v) is 16.4. The van der Waals surface area contributed by atoms with E-state index in [2.05, 4.69) is 36.8 Å². The Hall–Kier alpha value is -1.71. The molecule has 1 aliphatic heterocycles. The summed E-state index contributed by atoms with van der Waals surface area (Å²) in [5.41, 5.74) is 2.20. The molecule has 3 rings (SSSR count). The van der Waals surface area contributed by atoms with Crippen LogP contribution in [0.3, 0.4) is 0 Å². The normalized spacial score (nSPS) is 23.5. The largest absolute Gasteiger partial charge is 0.389 e. The number of pyridine rings is 1. The summed E-state index contributed by atoms with van der Waals surface area (Å²) in [6.07, 6.45) is 4.66. The van der Waals surface area contributed by atoms with Crippen LogP contribution in [0.1, 0.15) is 52.7 Å². The number of nitrogens with zero attached hydrogens (tertiary/aromatic N) is 1. The molecule has 138 valence electrons. The highest BCUT2D eigenvalue weighted by Gasteiger charge is 2.29. The summed E-state index contributed by atoms with van der Waals surface area (Å²) < 4.78 is 0. The van der Waals surface area contributed by atoms with Crippen LogP contribution in [0.5, 0.6) is 0 Å². The number of fused-ring (bicyclic) bond motifs is 1. The molecule has 1 fully saturated rings. The fourth-order valence-corrected chi connectivity index (χ4v) is 2.94. The molecule has 25 heavy (non-hydrogen) atoms. The lowest BCUT2D eigenvalue weighted by Gasteiger charge is -2.37. The highest BCUT2D eigenvalue weighted by molar-refractivity contribution is 5.82. The van der Waals surface area contributed by atoms with Crippen molar-refractivity contribution in [3.05, 3.63) is 54.7 Å². The average Bonchev–Trinajstić information content (AvgIpc) is 2.66. The zero-order chi connectivity index (χ0) is 18.9. The van der Waals surface area contributed by atoms with Crippen LogP contribution in [0.25, 0.3) is 10.9 Å². The first kappa shape index (κ1) is 21.3. The molecular formula is C22H34N2O. The van der Waals surface area contributed by atoms with Gasteiger partial charge in [0.2, 0.25) is 0 Å². The summed E-state index contributed by atoms with van der Waals surface area (Å²) in [6, 6.07) is 9.68. The molecule has 3 nitrogen and oxygen atoms in total. The third kappa shape index (κ3) is 5.65. The molecule has 3 unspecified atom stereocenters. The number of aliphatic hydroxyl groups is 1. The van der Waals surface area contributed by atoms with Gasteiger partial charge in [-0.05, 0) is 43.5 Å². The first-order valence-electron chi connectivity index (χ1n) is 9.34. The van der Waals surface area contributed by atoms with Gasteiger partial charge in [0.1, 0.15) is 0 Å². The molecule has 2 aromatic rings. The topological polar surface area (TPSA) is 45.1 Å². The number of benzene rings is 1. The summed E-state index contributed by atoms with van der Waals surface area (Å²) >= 11 is 0. The third-order valence-electron chi connectivity index (χ3n) is 4.98. The van der Waals surface area contributed by atoms with Gasteiger partial charge in [0.15, 0.2) is 0 Å². The fourth-order valence-electron chi connectivity index (χ4n) is 2.94. The number of rotatable bonds is 2. The minimum absolute atomic E-state index is 0.332. The number of hydrogen-bond donors (Lipinski definition) is 2. The maximum atomic E-state index is 9.49. The van der Waals surface area contributed by atoms with Gasteiger partial charge in [-0.15, -0.1) is 6.58 Å². The van der Waals surface area contributed by atoms with Crippen molar-refractivity contribution in [1.29, 1.82) is 0 Å². The molecule has 0 bridgehead atoms. The highest BCUT2D eigenvalue weighted by atomic mass is 16.3. The predicted molar refractivity (Wildman–Crippen MR) is 109 cm³/mol. The van der Waals surface area contributed by atoms with Crippen molar-refractivity contribution in [2.45, 2.75) is 47.1 Å². The minimum atomic E-state index is -0.437. The Kier molecular flexibility index (Phi) is 8.81. The third-order valence-corrected chi connectivity index (χ3v) is 4.98. The van der Waals surface area contributed by atoms with Gasteiger partial charge in [-0.1, -0.05) is 52.0 Å². The standard InChI is InChI=1S/C11H11NO.C9H17N.C2H6/c1-8(13)9-6-7-12-11-5-3-2-4-10(9)11;1-4-9(3)7-10-6-5-8(9)2;1-2/h2-8,13H,1H3;4,8,10H,1,5-7H2,2-3H3;1-2H3. The Balaban J connectivity index is 0.000000235. The first-order chi connectivity index (χ1) is 12.0. The van der Waals surface area contributed by atoms with E-state index in [-0.39, 0.29) is 0 Å². The molecule has 2 N–H and O–H groups in total. The van der Waals surface area contributed by atoms with Gasteiger partial charge in [-0.3, -0.25) is 4.98 Å². The molecule has 3 heteroatoms. The van der Waals surface area contributed by atoms with Gasteiger partial charge < -0.3 is 10.4 Å². The minimum Gasteiger partial charge on any atom is -0.389 e. The Morgan fingerprint density at radius 3 is 2.56 bits per heavy atom. The van der Waals surface area contributed by atoms with E-state index in [1.807, 2.05) is 44.2 Å². The van der Waals surface area contributed by atoms with Crippen molar-refractivity contribution in [3.63, 3.8) is 0 Å². The van der Waals surface area contributed by atoms with Gasteiger partial charge in [0.25, 0.3) is 0 Å². The fraction of sp³-hybridized carbons (Fsp3) is 0.500. The second-order valence-electron chi connectivity index (χ2n) is 6.67. The van der Waals surface area contributed by atoms with E-state index >= 15 is 0 Å². The zero-order valence-electron chi connectivity index (χ0n) is 16.4. The van der Waals surface area contributed by atoms with Crippen molar-refractivity contribution in [1.82, 2.24) is 10.3 Å². The molecule has 2 heterocycles. The number of nitrogens with one attached hydrogen (secondary N) is 1. The number of aromatic nitrogens is 1. The van der Waals surface area contributed by atoms with E-state index in [1.54, 1.807) is 13.1 Å². The molecular weight excluding hydrogens is 308 g/mol. The van der Waals surface area contributed by atoms with Gasteiger partial charge in [0.05, 0.1) is 11.6 Å². The molecule has 1 saturated heterocycles. The second kappa shape index (κ2) is 10.3. The molecule has 1 aromatic carbocycles. The quantitative estimate of drug-likeness (QED) is 0.744. The van der Waals surface area contributed by atoms with Crippen LogP contribution in [0.2, 0.25) is 0 Å². The van der Waals surface area contributed by atoms with E-state index in [1.165, 1.54) is 13.0 Å².